The molecular weight excluding hydrogens is 391 g/mol. The Morgan fingerprint density at radius 1 is 1.13 bits per heavy atom. The lowest BCUT2D eigenvalue weighted by Gasteiger charge is -2.32. The number of unbranched alkanes of at least 4 members (excludes halogenated alkanes) is 1. The summed E-state index contributed by atoms with van der Waals surface area (Å²) in [6, 6.07) is 6.05. The van der Waals surface area contributed by atoms with Gasteiger partial charge >= 0.3 is 7.12 Å². The Hall–Kier alpha value is -2.32. The number of methoxy groups -OCH3 is 1. The molecule has 1 aliphatic heterocycles. The second-order valence-electron chi connectivity index (χ2n) is 9.11. The van der Waals surface area contributed by atoms with Crippen LogP contribution in [0.5, 0.6) is 5.75 Å². The van der Waals surface area contributed by atoms with Crippen molar-refractivity contribution in [2.24, 2.45) is 0 Å². The van der Waals surface area contributed by atoms with E-state index in [1.165, 1.54) is 0 Å². The van der Waals surface area contributed by atoms with Crippen molar-refractivity contribution in [1.82, 2.24) is 9.97 Å². The van der Waals surface area contributed by atoms with Gasteiger partial charge in [0.05, 0.1) is 18.3 Å². The van der Waals surface area contributed by atoms with Gasteiger partial charge in [-0.05, 0) is 58.1 Å². The summed E-state index contributed by atoms with van der Waals surface area (Å²) < 4.78 is 18.1. The van der Waals surface area contributed by atoms with Gasteiger partial charge in [0.2, 0.25) is 5.95 Å². The van der Waals surface area contributed by atoms with Crippen LogP contribution in [0.4, 0.5) is 11.8 Å². The van der Waals surface area contributed by atoms with Gasteiger partial charge in [-0.1, -0.05) is 25.5 Å². The van der Waals surface area contributed by atoms with Gasteiger partial charge in [-0.3, -0.25) is 0 Å². The number of nitrogen functional groups attached to an aromatic ring is 1. The van der Waals surface area contributed by atoms with Crippen LogP contribution in [0, 0.1) is 6.92 Å². The second-order valence-corrected chi connectivity index (χ2v) is 9.11. The van der Waals surface area contributed by atoms with Gasteiger partial charge in [-0.25, -0.2) is 4.98 Å². The van der Waals surface area contributed by atoms with Gasteiger partial charge in [0.25, 0.3) is 0 Å². The van der Waals surface area contributed by atoms with E-state index in [9.17, 15) is 0 Å². The minimum absolute atomic E-state index is 0.276. The number of aromatic nitrogens is 2. The molecule has 3 N–H and O–H groups in total. The third kappa shape index (κ3) is 4.96. The summed E-state index contributed by atoms with van der Waals surface area (Å²) >= 11 is 0. The average Bonchev–Trinajstić information content (AvgIpc) is 2.91. The van der Waals surface area contributed by atoms with Gasteiger partial charge in [-0.2, -0.15) is 4.98 Å². The van der Waals surface area contributed by atoms with Gasteiger partial charge in [0, 0.05) is 24.2 Å². The quantitative estimate of drug-likeness (QED) is 0.493. The van der Waals surface area contributed by atoms with Crippen molar-refractivity contribution in [3.05, 3.63) is 35.0 Å². The van der Waals surface area contributed by atoms with E-state index in [-0.39, 0.29) is 5.95 Å². The summed E-state index contributed by atoms with van der Waals surface area (Å²) in [5.74, 6) is 1.86. The maximum atomic E-state index is 6.24. The highest BCUT2D eigenvalue weighted by Crippen LogP contribution is 2.37. The van der Waals surface area contributed by atoms with Gasteiger partial charge in [-0.15, -0.1) is 0 Å². The number of nitrogens with one attached hydrogen (secondary N) is 1. The summed E-state index contributed by atoms with van der Waals surface area (Å²) in [4.78, 5) is 8.85. The van der Waals surface area contributed by atoms with Gasteiger partial charge < -0.3 is 25.1 Å². The molecule has 0 spiro atoms. The predicted octanol–water partition coefficient (Wildman–Crippen LogP) is 3.48. The fraction of sp³-hybridized carbons (Fsp3) is 0.565. The fourth-order valence-corrected chi connectivity index (χ4v) is 3.61. The van der Waals surface area contributed by atoms with E-state index in [1.807, 2.05) is 19.1 Å². The van der Waals surface area contributed by atoms with E-state index in [1.54, 1.807) is 7.11 Å². The SMILES string of the molecule is CCCCNc1nc(N)nc(C)c1Cc1cc(B2OC(C)(C)C(C)(C)O2)ccc1OC. The summed E-state index contributed by atoms with van der Waals surface area (Å²) in [6.07, 6.45) is 2.77. The maximum Gasteiger partial charge on any atom is 0.494 e. The van der Waals surface area contributed by atoms with Crippen molar-refractivity contribution in [3.63, 3.8) is 0 Å². The number of benzene rings is 1. The molecule has 3 rings (SSSR count). The van der Waals surface area contributed by atoms with Crippen molar-refractivity contribution in [2.45, 2.75) is 72.0 Å². The number of hydrogen-bond acceptors (Lipinski definition) is 7. The number of rotatable bonds is 8. The van der Waals surface area contributed by atoms with E-state index in [0.29, 0.717) is 6.42 Å². The zero-order valence-corrected chi connectivity index (χ0v) is 19.8. The first-order valence-corrected chi connectivity index (χ1v) is 11.0. The molecule has 0 saturated carbocycles. The summed E-state index contributed by atoms with van der Waals surface area (Å²) in [5.41, 5.74) is 8.98. The molecule has 168 valence electrons. The van der Waals surface area contributed by atoms with Gasteiger partial charge in [0.1, 0.15) is 11.6 Å². The molecule has 1 aromatic heterocycles. The highest BCUT2D eigenvalue weighted by atomic mass is 16.7. The van der Waals surface area contributed by atoms with Crippen LogP contribution in [-0.2, 0) is 15.7 Å². The van der Waals surface area contributed by atoms with Crippen LogP contribution in [0.15, 0.2) is 18.2 Å². The minimum Gasteiger partial charge on any atom is -0.496 e. The smallest absolute Gasteiger partial charge is 0.494 e. The van der Waals surface area contributed by atoms with E-state index in [0.717, 1.165) is 53.2 Å². The summed E-state index contributed by atoms with van der Waals surface area (Å²) in [5, 5.41) is 3.42. The van der Waals surface area contributed by atoms with Crippen LogP contribution in [0.25, 0.3) is 0 Å². The molecule has 0 unspecified atom stereocenters. The van der Waals surface area contributed by atoms with Crippen molar-refractivity contribution < 1.29 is 14.0 Å². The first-order valence-electron chi connectivity index (χ1n) is 11.0. The van der Waals surface area contributed by atoms with Crippen molar-refractivity contribution >= 4 is 24.3 Å². The molecule has 1 aromatic carbocycles. The molecule has 0 aliphatic carbocycles. The third-order valence-electron chi connectivity index (χ3n) is 6.25. The Labute approximate surface area is 186 Å². The van der Waals surface area contributed by atoms with Gasteiger partial charge in [0.15, 0.2) is 0 Å². The molecule has 1 fully saturated rings. The molecule has 0 atom stereocenters. The molecular formula is C23H35BN4O3. The van der Waals surface area contributed by atoms with Crippen LogP contribution >= 0.6 is 0 Å². The Morgan fingerprint density at radius 2 is 1.81 bits per heavy atom. The van der Waals surface area contributed by atoms with E-state index in [4.69, 9.17) is 19.8 Å². The van der Waals surface area contributed by atoms with Crippen molar-refractivity contribution in [2.75, 3.05) is 24.7 Å². The molecule has 8 heteroatoms. The molecule has 0 bridgehead atoms. The molecule has 1 saturated heterocycles. The predicted molar refractivity (Wildman–Crippen MR) is 126 cm³/mol. The lowest BCUT2D eigenvalue weighted by molar-refractivity contribution is 0.00578. The maximum absolute atomic E-state index is 6.24. The van der Waals surface area contributed by atoms with Crippen LogP contribution < -0.4 is 21.3 Å². The first-order chi connectivity index (χ1) is 14.6. The zero-order valence-electron chi connectivity index (χ0n) is 19.8. The highest BCUT2D eigenvalue weighted by molar-refractivity contribution is 6.62. The van der Waals surface area contributed by atoms with E-state index >= 15 is 0 Å². The minimum atomic E-state index is -0.430. The van der Waals surface area contributed by atoms with Crippen LogP contribution in [0.3, 0.4) is 0 Å². The van der Waals surface area contributed by atoms with E-state index < -0.39 is 18.3 Å². The number of nitrogens with two attached hydrogens (primary N) is 1. The number of ether oxygens (including phenoxy) is 1. The second kappa shape index (κ2) is 9.05. The molecule has 0 amide bonds. The van der Waals surface area contributed by atoms with Crippen LogP contribution in [0.1, 0.15) is 64.3 Å². The normalized spacial score (nSPS) is 17.1. The van der Waals surface area contributed by atoms with Crippen LogP contribution in [0.2, 0.25) is 0 Å². The summed E-state index contributed by atoms with van der Waals surface area (Å²) in [6.45, 7) is 13.2. The Kier molecular flexibility index (Phi) is 6.81. The number of nitrogens with zero attached hydrogens (tertiary/aromatic N) is 2. The molecule has 7 nitrogen and oxygen atoms in total. The third-order valence-corrected chi connectivity index (χ3v) is 6.25. The molecule has 31 heavy (non-hydrogen) atoms. The lowest BCUT2D eigenvalue weighted by Crippen LogP contribution is -2.41. The first kappa shape index (κ1) is 23.4. The van der Waals surface area contributed by atoms with Crippen molar-refractivity contribution in [3.8, 4) is 5.75 Å². The topological polar surface area (TPSA) is 91.5 Å². The number of hydrogen-bond donors (Lipinski definition) is 2. The molecule has 2 aromatic rings. The van der Waals surface area contributed by atoms with Crippen molar-refractivity contribution in [1.29, 1.82) is 0 Å². The van der Waals surface area contributed by atoms with Crippen LogP contribution in [-0.4, -0.2) is 41.9 Å². The lowest BCUT2D eigenvalue weighted by atomic mass is 9.78. The Morgan fingerprint density at radius 3 is 2.42 bits per heavy atom. The largest absolute Gasteiger partial charge is 0.496 e. The zero-order chi connectivity index (χ0) is 22.8. The average molecular weight is 426 g/mol. The molecule has 0 radical (unpaired) electrons. The Balaban J connectivity index is 1.94. The number of aryl methyl sites for hydroxylation is 1. The Bertz CT molecular complexity index is 917. The standard InChI is InChI=1S/C23H35BN4O3/c1-8-9-12-26-20-18(15(2)27-21(25)28-20)14-16-13-17(10-11-19(16)29-7)24-30-22(3,4)23(5,6)31-24/h10-11,13H,8-9,12,14H2,1-7H3,(H3,25,26,27,28). The fourth-order valence-electron chi connectivity index (χ4n) is 3.61. The molecule has 1 aliphatic rings. The molecule has 2 heterocycles. The number of anilines is 2. The monoisotopic (exact) mass is 426 g/mol. The highest BCUT2D eigenvalue weighted by Gasteiger charge is 2.51. The summed E-state index contributed by atoms with van der Waals surface area (Å²) in [7, 11) is 1.25. The van der Waals surface area contributed by atoms with E-state index in [2.05, 4.69) is 56.0 Å².